The van der Waals surface area contributed by atoms with Crippen LogP contribution >= 0.6 is 11.3 Å². The van der Waals surface area contributed by atoms with Gasteiger partial charge in [-0.1, -0.05) is 0 Å². The van der Waals surface area contributed by atoms with Gasteiger partial charge in [0.2, 0.25) is 17.7 Å². The zero-order valence-electron chi connectivity index (χ0n) is 11.5. The molecule has 0 bridgehead atoms. The van der Waals surface area contributed by atoms with Crippen LogP contribution in [0.25, 0.3) is 11.5 Å². The van der Waals surface area contributed by atoms with Crippen molar-refractivity contribution in [1.29, 1.82) is 0 Å². The molecule has 3 rings (SSSR count). The number of aromatic nitrogens is 2. The Kier molecular flexibility index (Phi) is 4.24. The Labute approximate surface area is 129 Å². The molecule has 0 aliphatic carbocycles. The molecule has 7 heteroatoms. The molecule has 0 unspecified atom stereocenters. The van der Waals surface area contributed by atoms with Gasteiger partial charge < -0.3 is 9.73 Å². The van der Waals surface area contributed by atoms with Crippen LogP contribution in [0, 0.1) is 5.82 Å². The average molecular weight is 317 g/mol. The molecule has 2 aromatic heterocycles. The molecule has 0 aliphatic rings. The average Bonchev–Trinajstić information content (AvgIpc) is 3.18. The summed E-state index contributed by atoms with van der Waals surface area (Å²) >= 11 is 1.55. The molecule has 0 saturated carbocycles. The van der Waals surface area contributed by atoms with Crippen LogP contribution < -0.4 is 5.32 Å². The molecule has 1 N–H and O–H groups in total. The van der Waals surface area contributed by atoms with E-state index in [1.807, 2.05) is 16.8 Å². The van der Waals surface area contributed by atoms with E-state index in [4.69, 9.17) is 4.42 Å². The number of carbonyl (C=O) groups is 1. The number of benzene rings is 1. The Balaban J connectivity index is 1.54. The molecule has 0 aliphatic heterocycles. The third-order valence-corrected chi connectivity index (χ3v) is 3.61. The maximum absolute atomic E-state index is 12.8. The van der Waals surface area contributed by atoms with Crippen LogP contribution in [0.4, 0.5) is 10.1 Å². The first-order valence-corrected chi connectivity index (χ1v) is 7.55. The first-order valence-electron chi connectivity index (χ1n) is 6.61. The van der Waals surface area contributed by atoms with Crippen molar-refractivity contribution in [3.63, 3.8) is 0 Å². The van der Waals surface area contributed by atoms with Crippen LogP contribution in [0.2, 0.25) is 0 Å². The van der Waals surface area contributed by atoms with Crippen molar-refractivity contribution in [3.8, 4) is 11.5 Å². The van der Waals surface area contributed by atoms with E-state index in [1.54, 1.807) is 11.3 Å². The Morgan fingerprint density at radius 2 is 2.05 bits per heavy atom. The van der Waals surface area contributed by atoms with Gasteiger partial charge in [0.25, 0.3) is 0 Å². The number of nitrogens with one attached hydrogen (secondary N) is 1. The lowest BCUT2D eigenvalue weighted by Crippen LogP contribution is -2.12. The lowest BCUT2D eigenvalue weighted by atomic mass is 10.2. The minimum atomic E-state index is -0.343. The van der Waals surface area contributed by atoms with Crippen LogP contribution in [0.15, 0.2) is 45.5 Å². The third-order valence-electron chi connectivity index (χ3n) is 2.93. The predicted octanol–water partition coefficient (Wildman–Crippen LogP) is 3.51. The summed E-state index contributed by atoms with van der Waals surface area (Å²) in [4.78, 5) is 11.8. The number of anilines is 1. The molecule has 0 radical (unpaired) electrons. The molecule has 0 atom stereocenters. The van der Waals surface area contributed by atoms with Crippen molar-refractivity contribution in [1.82, 2.24) is 10.2 Å². The monoisotopic (exact) mass is 317 g/mol. The molecule has 1 aromatic carbocycles. The molecule has 1 amide bonds. The van der Waals surface area contributed by atoms with E-state index in [-0.39, 0.29) is 18.1 Å². The summed E-state index contributed by atoms with van der Waals surface area (Å²) in [5.74, 6) is 0.331. The van der Waals surface area contributed by atoms with Gasteiger partial charge in [0.05, 0.1) is 0 Å². The normalized spacial score (nSPS) is 10.6. The molecule has 0 saturated heterocycles. The van der Waals surface area contributed by atoms with E-state index in [0.717, 1.165) is 5.56 Å². The Morgan fingerprint density at radius 3 is 2.77 bits per heavy atom. The van der Waals surface area contributed by atoms with E-state index >= 15 is 0 Å². The second-order valence-electron chi connectivity index (χ2n) is 4.57. The first-order chi connectivity index (χ1) is 10.7. The van der Waals surface area contributed by atoms with Gasteiger partial charge in [0, 0.05) is 29.5 Å². The Hall–Kier alpha value is -2.54. The van der Waals surface area contributed by atoms with E-state index in [0.29, 0.717) is 23.9 Å². The van der Waals surface area contributed by atoms with Gasteiger partial charge >= 0.3 is 0 Å². The zero-order chi connectivity index (χ0) is 15.4. The van der Waals surface area contributed by atoms with Crippen LogP contribution in [0.3, 0.4) is 0 Å². The van der Waals surface area contributed by atoms with Gasteiger partial charge in [-0.2, -0.15) is 11.3 Å². The number of hydrogen-bond acceptors (Lipinski definition) is 5. The highest BCUT2D eigenvalue weighted by Gasteiger charge is 2.11. The molecule has 3 aromatic rings. The lowest BCUT2D eigenvalue weighted by Gasteiger charge is -2.03. The van der Waals surface area contributed by atoms with Gasteiger partial charge in [-0.3, -0.25) is 4.79 Å². The fraction of sp³-hybridized carbons (Fsp3) is 0.133. The summed E-state index contributed by atoms with van der Waals surface area (Å²) in [5.41, 5.74) is 1.43. The maximum atomic E-state index is 12.8. The SMILES string of the molecule is O=C(CCc1nnc(-c2ccsc2)o1)Nc1ccc(F)cc1. The predicted molar refractivity (Wildman–Crippen MR) is 81.0 cm³/mol. The molecular weight excluding hydrogens is 305 g/mol. The van der Waals surface area contributed by atoms with Crippen LogP contribution in [0.1, 0.15) is 12.3 Å². The smallest absolute Gasteiger partial charge is 0.248 e. The minimum absolute atomic E-state index is 0.193. The standard InChI is InChI=1S/C15H12FN3O2S/c16-11-1-3-12(4-2-11)17-13(20)5-6-14-18-19-15(21-14)10-7-8-22-9-10/h1-4,7-9H,5-6H2,(H,17,20). The van der Waals surface area contributed by atoms with Gasteiger partial charge in [-0.05, 0) is 35.7 Å². The number of aryl methyl sites for hydroxylation is 1. The van der Waals surface area contributed by atoms with Gasteiger partial charge in [0.15, 0.2) is 0 Å². The summed E-state index contributed by atoms with van der Waals surface area (Å²) in [5, 5.41) is 14.4. The van der Waals surface area contributed by atoms with Crippen molar-refractivity contribution < 1.29 is 13.6 Å². The number of thiophene rings is 1. The van der Waals surface area contributed by atoms with Crippen molar-refractivity contribution in [2.75, 3.05) is 5.32 Å². The largest absolute Gasteiger partial charge is 0.421 e. The van der Waals surface area contributed by atoms with Crippen LogP contribution in [0.5, 0.6) is 0 Å². The summed E-state index contributed by atoms with van der Waals surface area (Å²) < 4.78 is 18.3. The summed E-state index contributed by atoms with van der Waals surface area (Å²) in [6.07, 6.45) is 0.562. The summed E-state index contributed by atoms with van der Waals surface area (Å²) in [6, 6.07) is 7.49. The van der Waals surface area contributed by atoms with E-state index in [2.05, 4.69) is 15.5 Å². The molecular formula is C15H12FN3O2S. The quantitative estimate of drug-likeness (QED) is 0.782. The number of hydrogen-bond donors (Lipinski definition) is 1. The maximum Gasteiger partial charge on any atom is 0.248 e. The number of carbonyl (C=O) groups excluding carboxylic acids is 1. The van der Waals surface area contributed by atoms with Crippen LogP contribution in [-0.4, -0.2) is 16.1 Å². The molecule has 112 valence electrons. The highest BCUT2D eigenvalue weighted by Crippen LogP contribution is 2.20. The lowest BCUT2D eigenvalue weighted by molar-refractivity contribution is -0.116. The van der Waals surface area contributed by atoms with E-state index < -0.39 is 0 Å². The summed E-state index contributed by atoms with van der Waals surface area (Å²) in [6.45, 7) is 0. The fourth-order valence-corrected chi connectivity index (χ4v) is 2.46. The van der Waals surface area contributed by atoms with Crippen LogP contribution in [-0.2, 0) is 11.2 Å². The Bertz CT molecular complexity index is 753. The van der Waals surface area contributed by atoms with Gasteiger partial charge in [-0.15, -0.1) is 10.2 Å². The van der Waals surface area contributed by atoms with Crippen molar-refractivity contribution in [2.45, 2.75) is 12.8 Å². The third kappa shape index (κ3) is 3.56. The fourth-order valence-electron chi connectivity index (χ4n) is 1.83. The highest BCUT2D eigenvalue weighted by atomic mass is 32.1. The molecule has 0 fully saturated rings. The van der Waals surface area contributed by atoms with Crippen molar-refractivity contribution >= 4 is 22.9 Å². The van der Waals surface area contributed by atoms with Crippen molar-refractivity contribution in [3.05, 3.63) is 52.8 Å². The van der Waals surface area contributed by atoms with Gasteiger partial charge in [-0.25, -0.2) is 4.39 Å². The highest BCUT2D eigenvalue weighted by molar-refractivity contribution is 7.08. The van der Waals surface area contributed by atoms with E-state index in [1.165, 1.54) is 24.3 Å². The topological polar surface area (TPSA) is 68.0 Å². The second kappa shape index (κ2) is 6.48. The summed E-state index contributed by atoms with van der Waals surface area (Å²) in [7, 11) is 0. The molecule has 0 spiro atoms. The number of amides is 1. The molecule has 2 heterocycles. The molecule has 22 heavy (non-hydrogen) atoms. The number of halogens is 1. The first kappa shape index (κ1) is 14.4. The van der Waals surface area contributed by atoms with Crippen molar-refractivity contribution in [2.24, 2.45) is 0 Å². The Morgan fingerprint density at radius 1 is 1.23 bits per heavy atom. The van der Waals surface area contributed by atoms with Gasteiger partial charge in [0.1, 0.15) is 5.82 Å². The second-order valence-corrected chi connectivity index (χ2v) is 5.35. The van der Waals surface area contributed by atoms with E-state index in [9.17, 15) is 9.18 Å². The number of nitrogens with zero attached hydrogens (tertiary/aromatic N) is 2. The minimum Gasteiger partial charge on any atom is -0.421 e. The number of rotatable bonds is 5. The zero-order valence-corrected chi connectivity index (χ0v) is 12.3. The molecule has 5 nitrogen and oxygen atoms in total.